The van der Waals surface area contributed by atoms with Crippen molar-refractivity contribution in [1.29, 1.82) is 0 Å². The molecule has 18 heavy (non-hydrogen) atoms. The minimum atomic E-state index is 0. The lowest BCUT2D eigenvalue weighted by Crippen LogP contribution is -2.30. The molecule has 0 atom stereocenters. The van der Waals surface area contributed by atoms with E-state index in [9.17, 15) is 0 Å². The van der Waals surface area contributed by atoms with Gasteiger partial charge in [-0.15, -0.1) is 0 Å². The summed E-state index contributed by atoms with van der Waals surface area (Å²) in [6.45, 7) is 0. The second-order valence-corrected chi connectivity index (χ2v) is 4.49. The minimum absolute atomic E-state index is 0. The monoisotopic (exact) mass is 239 g/mol. The Morgan fingerprint density at radius 1 is 0.722 bits per heavy atom. The fourth-order valence-corrected chi connectivity index (χ4v) is 2.66. The number of hydrogen-bond acceptors (Lipinski definition) is 2. The topological polar surface area (TPSA) is 6.48 Å². The Morgan fingerprint density at radius 2 is 1.17 bits per heavy atom. The molecular formula is C16H19N2-. The van der Waals surface area contributed by atoms with Crippen LogP contribution in [0.2, 0.25) is 0 Å². The zero-order chi connectivity index (χ0) is 11.8. The van der Waals surface area contributed by atoms with Crippen LogP contribution in [0.5, 0.6) is 0 Å². The van der Waals surface area contributed by atoms with Crippen LogP contribution in [-0.2, 0) is 0 Å². The van der Waals surface area contributed by atoms with Gasteiger partial charge in [-0.05, 0) is 17.7 Å². The van der Waals surface area contributed by atoms with Gasteiger partial charge in [0, 0.05) is 14.1 Å². The Hall–Kier alpha value is -1.96. The highest BCUT2D eigenvalue weighted by molar-refractivity contribution is 5.77. The zero-order valence-corrected chi connectivity index (χ0v) is 11.2. The van der Waals surface area contributed by atoms with E-state index < -0.39 is 0 Å². The minimum Gasteiger partial charge on any atom is -0.358 e. The van der Waals surface area contributed by atoms with E-state index in [4.69, 9.17) is 0 Å². The van der Waals surface area contributed by atoms with E-state index in [1.807, 2.05) is 0 Å². The SMILES string of the molecule is CN1c2ccccc2N(C)C1c1ccccc1.[CH3-]. The highest BCUT2D eigenvalue weighted by atomic mass is 15.4. The van der Waals surface area contributed by atoms with Crippen molar-refractivity contribution in [3.63, 3.8) is 0 Å². The standard InChI is InChI=1S/C15H16N2.CH3/c1-16-13-10-6-7-11-14(13)17(2)15(16)12-8-4-3-5-9-12;/h3-11,15H,1-2H3;1H3/q;-1. The number of rotatable bonds is 1. The largest absolute Gasteiger partial charge is 0.358 e. The molecule has 0 saturated heterocycles. The first-order valence-electron chi connectivity index (χ1n) is 5.88. The summed E-state index contributed by atoms with van der Waals surface area (Å²) in [6, 6.07) is 19.2. The molecule has 1 aliphatic heterocycles. The van der Waals surface area contributed by atoms with Gasteiger partial charge in [0.2, 0.25) is 0 Å². The van der Waals surface area contributed by atoms with Crippen molar-refractivity contribution >= 4 is 11.4 Å². The summed E-state index contributed by atoms with van der Waals surface area (Å²) in [4.78, 5) is 4.65. The molecule has 0 aliphatic carbocycles. The number of benzene rings is 2. The summed E-state index contributed by atoms with van der Waals surface area (Å²) in [6.07, 6.45) is 0.300. The molecule has 1 heterocycles. The van der Waals surface area contributed by atoms with Gasteiger partial charge in [0.15, 0.2) is 0 Å². The molecule has 0 unspecified atom stereocenters. The van der Waals surface area contributed by atoms with Gasteiger partial charge in [0.05, 0.1) is 11.4 Å². The first-order chi connectivity index (χ1) is 8.29. The van der Waals surface area contributed by atoms with Crippen molar-refractivity contribution in [3.05, 3.63) is 67.6 Å². The maximum atomic E-state index is 2.32. The fourth-order valence-electron chi connectivity index (χ4n) is 2.66. The van der Waals surface area contributed by atoms with Gasteiger partial charge in [0.1, 0.15) is 6.17 Å². The van der Waals surface area contributed by atoms with E-state index in [-0.39, 0.29) is 7.43 Å². The van der Waals surface area contributed by atoms with Crippen LogP contribution >= 0.6 is 0 Å². The van der Waals surface area contributed by atoms with Gasteiger partial charge in [0.25, 0.3) is 0 Å². The maximum Gasteiger partial charge on any atom is 0.128 e. The molecule has 94 valence electrons. The molecule has 2 nitrogen and oxygen atoms in total. The van der Waals surface area contributed by atoms with Crippen molar-refractivity contribution < 1.29 is 0 Å². The van der Waals surface area contributed by atoms with Crippen molar-refractivity contribution in [2.24, 2.45) is 0 Å². The third-order valence-corrected chi connectivity index (χ3v) is 3.47. The number of anilines is 2. The molecule has 1 aliphatic rings. The highest BCUT2D eigenvalue weighted by Crippen LogP contribution is 2.43. The summed E-state index contributed by atoms with van der Waals surface area (Å²) in [5.41, 5.74) is 3.92. The third kappa shape index (κ3) is 1.74. The van der Waals surface area contributed by atoms with Crippen molar-refractivity contribution in [1.82, 2.24) is 0 Å². The van der Waals surface area contributed by atoms with Gasteiger partial charge in [-0.2, -0.15) is 0 Å². The summed E-state index contributed by atoms with van der Waals surface area (Å²) >= 11 is 0. The lowest BCUT2D eigenvalue weighted by molar-refractivity contribution is 0.694. The smallest absolute Gasteiger partial charge is 0.128 e. The van der Waals surface area contributed by atoms with Crippen LogP contribution in [0.3, 0.4) is 0 Å². The van der Waals surface area contributed by atoms with Crippen LogP contribution in [0.4, 0.5) is 11.4 Å². The summed E-state index contributed by atoms with van der Waals surface area (Å²) in [7, 11) is 4.31. The third-order valence-electron chi connectivity index (χ3n) is 3.47. The highest BCUT2D eigenvalue weighted by Gasteiger charge is 2.31. The number of fused-ring (bicyclic) bond motifs is 1. The molecule has 0 spiro atoms. The molecule has 0 aromatic heterocycles. The Balaban J connectivity index is 0.00000120. The van der Waals surface area contributed by atoms with Crippen LogP contribution < -0.4 is 9.80 Å². The lowest BCUT2D eigenvalue weighted by Gasteiger charge is -2.28. The number of hydrogen-bond donors (Lipinski definition) is 0. The summed E-state index contributed by atoms with van der Waals surface area (Å²) in [5, 5.41) is 0. The zero-order valence-electron chi connectivity index (χ0n) is 11.2. The average Bonchev–Trinajstić information content (AvgIpc) is 2.64. The van der Waals surface area contributed by atoms with E-state index >= 15 is 0 Å². The molecule has 0 radical (unpaired) electrons. The second-order valence-electron chi connectivity index (χ2n) is 4.49. The Kier molecular flexibility index (Phi) is 3.28. The van der Waals surface area contributed by atoms with Crippen molar-refractivity contribution in [2.75, 3.05) is 23.9 Å². The average molecular weight is 239 g/mol. The van der Waals surface area contributed by atoms with Crippen LogP contribution in [0.25, 0.3) is 0 Å². The predicted molar refractivity (Wildman–Crippen MR) is 78.8 cm³/mol. The van der Waals surface area contributed by atoms with Crippen LogP contribution in [0.15, 0.2) is 54.6 Å². The summed E-state index contributed by atoms with van der Waals surface area (Å²) in [5.74, 6) is 0. The van der Waals surface area contributed by atoms with Gasteiger partial charge >= 0.3 is 0 Å². The number of para-hydroxylation sites is 2. The van der Waals surface area contributed by atoms with E-state index in [0.717, 1.165) is 0 Å². The van der Waals surface area contributed by atoms with Gasteiger partial charge in [-0.25, -0.2) is 0 Å². The first-order valence-corrected chi connectivity index (χ1v) is 5.88. The van der Waals surface area contributed by atoms with Gasteiger partial charge in [-0.3, -0.25) is 0 Å². The molecule has 0 saturated carbocycles. The molecule has 3 rings (SSSR count). The predicted octanol–water partition coefficient (Wildman–Crippen LogP) is 3.72. The molecule has 0 amide bonds. The molecule has 0 N–H and O–H groups in total. The van der Waals surface area contributed by atoms with Crippen molar-refractivity contribution in [3.8, 4) is 0 Å². The van der Waals surface area contributed by atoms with Gasteiger partial charge in [-0.1, -0.05) is 42.5 Å². The van der Waals surface area contributed by atoms with E-state index in [2.05, 4.69) is 78.5 Å². The normalized spacial score (nSPS) is 14.3. The quantitative estimate of drug-likeness (QED) is 0.700. The lowest BCUT2D eigenvalue weighted by atomic mass is 10.1. The van der Waals surface area contributed by atoms with E-state index in [0.29, 0.717) is 6.17 Å². The van der Waals surface area contributed by atoms with E-state index in [1.54, 1.807) is 0 Å². The molecular weight excluding hydrogens is 220 g/mol. The first kappa shape index (κ1) is 12.5. The Bertz CT molecular complexity index is 493. The van der Waals surface area contributed by atoms with E-state index in [1.165, 1.54) is 16.9 Å². The fraction of sp³-hybridized carbons (Fsp3) is 0.188. The van der Waals surface area contributed by atoms with Crippen LogP contribution in [-0.4, -0.2) is 14.1 Å². The number of nitrogens with zero attached hydrogens (tertiary/aromatic N) is 2. The molecule has 0 fully saturated rings. The Morgan fingerprint density at radius 3 is 1.67 bits per heavy atom. The Labute approximate surface area is 109 Å². The molecule has 2 aromatic rings. The van der Waals surface area contributed by atoms with Gasteiger partial charge < -0.3 is 17.2 Å². The van der Waals surface area contributed by atoms with Crippen molar-refractivity contribution in [2.45, 2.75) is 6.17 Å². The summed E-state index contributed by atoms with van der Waals surface area (Å²) < 4.78 is 0. The molecule has 2 heteroatoms. The van der Waals surface area contributed by atoms with Crippen LogP contribution in [0, 0.1) is 7.43 Å². The second kappa shape index (κ2) is 4.73. The maximum absolute atomic E-state index is 2.32. The molecule has 2 aromatic carbocycles. The molecule has 0 bridgehead atoms. The van der Waals surface area contributed by atoms with Crippen LogP contribution in [0.1, 0.15) is 11.7 Å².